The van der Waals surface area contributed by atoms with Crippen LogP contribution in [0.3, 0.4) is 0 Å². The second kappa shape index (κ2) is 7.63. The molecule has 0 bridgehead atoms. The van der Waals surface area contributed by atoms with E-state index in [4.69, 9.17) is 9.84 Å². The molecule has 1 aliphatic rings. The van der Waals surface area contributed by atoms with E-state index in [1.54, 1.807) is 13.8 Å². The number of carboxylic acid groups (broad SMARTS) is 1. The minimum Gasteiger partial charge on any atom is -0.478 e. The van der Waals surface area contributed by atoms with Gasteiger partial charge in [-0.25, -0.2) is 4.79 Å². The summed E-state index contributed by atoms with van der Waals surface area (Å²) in [5, 5.41) is 12.7. The molecule has 122 valence electrons. The highest BCUT2D eigenvalue weighted by molar-refractivity contribution is 5.76. The Kier molecular flexibility index (Phi) is 5.83. The Hall–Kier alpha value is -1.55. The molecular weight excluding hydrogens is 278 g/mol. The van der Waals surface area contributed by atoms with Gasteiger partial charge in [0, 0.05) is 6.04 Å². The first-order chi connectivity index (χ1) is 10.5. The number of nitrogens with one attached hydrogen (secondary N) is 1. The zero-order chi connectivity index (χ0) is 16.0. The molecule has 0 aromatic heterocycles. The van der Waals surface area contributed by atoms with Crippen molar-refractivity contribution in [1.82, 2.24) is 5.32 Å². The summed E-state index contributed by atoms with van der Waals surface area (Å²) in [7, 11) is 0. The van der Waals surface area contributed by atoms with Gasteiger partial charge in [0.25, 0.3) is 0 Å². The molecule has 1 saturated carbocycles. The van der Waals surface area contributed by atoms with Crippen LogP contribution in [0.15, 0.2) is 24.3 Å². The van der Waals surface area contributed by atoms with Gasteiger partial charge in [-0.3, -0.25) is 0 Å². The van der Waals surface area contributed by atoms with Gasteiger partial charge in [-0.15, -0.1) is 0 Å². The molecule has 0 aliphatic heterocycles. The fourth-order valence-electron chi connectivity index (χ4n) is 2.83. The van der Waals surface area contributed by atoms with Gasteiger partial charge in [-0.2, -0.15) is 0 Å². The maximum absolute atomic E-state index is 11.1. The summed E-state index contributed by atoms with van der Waals surface area (Å²) >= 11 is 0. The summed E-state index contributed by atoms with van der Waals surface area (Å²) in [6.07, 6.45) is 7.56. The van der Waals surface area contributed by atoms with Gasteiger partial charge >= 0.3 is 5.97 Å². The Morgan fingerprint density at radius 2 is 2.05 bits per heavy atom. The van der Waals surface area contributed by atoms with Crippen LogP contribution in [0.5, 0.6) is 5.75 Å². The zero-order valence-corrected chi connectivity index (χ0v) is 13.6. The van der Waals surface area contributed by atoms with Crippen molar-refractivity contribution in [3.63, 3.8) is 0 Å². The molecule has 1 aliphatic carbocycles. The van der Waals surface area contributed by atoms with Crippen LogP contribution in [0.25, 0.3) is 0 Å². The molecule has 2 N–H and O–H groups in total. The first kappa shape index (κ1) is 16.8. The van der Waals surface area contributed by atoms with Crippen LogP contribution in [0, 0.1) is 0 Å². The third-order valence-corrected chi connectivity index (χ3v) is 4.24. The van der Waals surface area contributed by atoms with E-state index in [0.29, 0.717) is 11.8 Å². The molecule has 0 heterocycles. The number of carbonyl (C=O) groups is 1. The fourth-order valence-corrected chi connectivity index (χ4v) is 2.83. The highest BCUT2D eigenvalue weighted by Gasteiger charge is 2.29. The number of rotatable bonds is 7. The van der Waals surface area contributed by atoms with E-state index < -0.39 is 11.6 Å². The molecule has 1 aromatic rings. The van der Waals surface area contributed by atoms with Gasteiger partial charge in [0.2, 0.25) is 0 Å². The molecule has 1 aromatic carbocycles. The summed E-state index contributed by atoms with van der Waals surface area (Å²) in [4.78, 5) is 11.1. The van der Waals surface area contributed by atoms with Crippen LogP contribution in [0.2, 0.25) is 0 Å². The van der Waals surface area contributed by atoms with Gasteiger partial charge in [0.15, 0.2) is 5.60 Å². The van der Waals surface area contributed by atoms with Gasteiger partial charge in [0.05, 0.1) is 0 Å². The van der Waals surface area contributed by atoms with Gasteiger partial charge in [-0.05, 0) is 57.4 Å². The minimum atomic E-state index is -1.21. The number of aliphatic carboxylic acids is 1. The molecule has 4 heteroatoms. The first-order valence-corrected chi connectivity index (χ1v) is 8.22. The molecule has 0 amide bonds. The molecule has 0 atom stereocenters. The highest BCUT2D eigenvalue weighted by Crippen LogP contribution is 2.21. The topological polar surface area (TPSA) is 58.6 Å². The van der Waals surface area contributed by atoms with Crippen LogP contribution >= 0.6 is 0 Å². The van der Waals surface area contributed by atoms with Crippen LogP contribution in [0.1, 0.15) is 51.5 Å². The van der Waals surface area contributed by atoms with Crippen LogP contribution in [-0.2, 0) is 11.2 Å². The van der Waals surface area contributed by atoms with Gasteiger partial charge in [0.1, 0.15) is 5.75 Å². The molecule has 0 saturated heterocycles. The number of hydrogen-bond acceptors (Lipinski definition) is 3. The Bertz CT molecular complexity index is 493. The predicted molar refractivity (Wildman–Crippen MR) is 87.4 cm³/mol. The molecule has 22 heavy (non-hydrogen) atoms. The van der Waals surface area contributed by atoms with E-state index >= 15 is 0 Å². The fraction of sp³-hybridized carbons (Fsp3) is 0.611. The lowest BCUT2D eigenvalue weighted by atomic mass is 9.95. The van der Waals surface area contributed by atoms with Gasteiger partial charge < -0.3 is 15.2 Å². The normalized spacial score (nSPS) is 16.5. The zero-order valence-electron chi connectivity index (χ0n) is 13.6. The molecule has 0 radical (unpaired) electrons. The van der Waals surface area contributed by atoms with E-state index in [-0.39, 0.29) is 0 Å². The maximum Gasteiger partial charge on any atom is 0.347 e. The van der Waals surface area contributed by atoms with Crippen LogP contribution < -0.4 is 10.1 Å². The smallest absolute Gasteiger partial charge is 0.347 e. The third kappa shape index (κ3) is 5.02. The Labute approximate surface area is 132 Å². The summed E-state index contributed by atoms with van der Waals surface area (Å²) in [5.41, 5.74) is -0.0408. The van der Waals surface area contributed by atoms with Crippen molar-refractivity contribution in [3.05, 3.63) is 29.8 Å². The van der Waals surface area contributed by atoms with E-state index in [2.05, 4.69) is 11.4 Å². The molecule has 4 nitrogen and oxygen atoms in total. The van der Waals surface area contributed by atoms with E-state index in [9.17, 15) is 4.79 Å². The largest absolute Gasteiger partial charge is 0.478 e. The second-order valence-corrected chi connectivity index (χ2v) is 6.60. The highest BCUT2D eigenvalue weighted by atomic mass is 16.5. The Morgan fingerprint density at radius 3 is 2.73 bits per heavy atom. The molecule has 1 fully saturated rings. The number of ether oxygens (including phenoxy) is 1. The number of hydrogen-bond donors (Lipinski definition) is 2. The lowest BCUT2D eigenvalue weighted by molar-refractivity contribution is -0.152. The average Bonchev–Trinajstić information content (AvgIpc) is 2.48. The van der Waals surface area contributed by atoms with Crippen molar-refractivity contribution in [2.45, 2.75) is 64.0 Å². The molecular formula is C18H27NO3. The average molecular weight is 305 g/mol. The van der Waals surface area contributed by atoms with Crippen molar-refractivity contribution in [2.75, 3.05) is 6.54 Å². The summed E-state index contributed by atoms with van der Waals surface area (Å²) < 4.78 is 5.58. The van der Waals surface area contributed by atoms with E-state index in [0.717, 1.165) is 13.0 Å². The van der Waals surface area contributed by atoms with E-state index in [1.807, 2.05) is 18.2 Å². The second-order valence-electron chi connectivity index (χ2n) is 6.60. The van der Waals surface area contributed by atoms with Crippen molar-refractivity contribution < 1.29 is 14.6 Å². The van der Waals surface area contributed by atoms with Crippen molar-refractivity contribution >= 4 is 5.97 Å². The summed E-state index contributed by atoms with van der Waals surface area (Å²) in [6, 6.07) is 8.39. The third-order valence-electron chi connectivity index (χ3n) is 4.24. The molecule has 2 rings (SSSR count). The lowest BCUT2D eigenvalue weighted by Crippen LogP contribution is -2.37. The lowest BCUT2D eigenvalue weighted by Gasteiger charge is -2.23. The maximum atomic E-state index is 11.1. The Balaban J connectivity index is 1.84. The SMILES string of the molecule is CC(C)(Oc1cccc(CCNC2CCCCC2)c1)C(=O)O. The van der Waals surface area contributed by atoms with Crippen molar-refractivity contribution in [1.29, 1.82) is 0 Å². The first-order valence-electron chi connectivity index (χ1n) is 8.22. The van der Waals surface area contributed by atoms with Gasteiger partial charge in [-0.1, -0.05) is 31.4 Å². The minimum absolute atomic E-state index is 0.613. The number of carboxylic acids is 1. The van der Waals surface area contributed by atoms with Crippen molar-refractivity contribution in [2.24, 2.45) is 0 Å². The standard InChI is InChI=1S/C18H27NO3/c1-18(2,17(20)21)22-16-10-6-7-14(13-16)11-12-19-15-8-4-3-5-9-15/h6-7,10,13,15,19H,3-5,8-9,11-12H2,1-2H3,(H,20,21). The van der Waals surface area contributed by atoms with Crippen LogP contribution in [-0.4, -0.2) is 29.3 Å². The predicted octanol–water partition coefficient (Wildman–Crippen LogP) is 3.39. The summed E-state index contributed by atoms with van der Waals surface area (Å²) in [6.45, 7) is 4.08. The molecule has 0 unspecified atom stereocenters. The monoisotopic (exact) mass is 305 g/mol. The van der Waals surface area contributed by atoms with E-state index in [1.165, 1.54) is 37.7 Å². The van der Waals surface area contributed by atoms with Crippen molar-refractivity contribution in [3.8, 4) is 5.75 Å². The summed E-state index contributed by atoms with van der Waals surface area (Å²) in [5.74, 6) is -0.348. The molecule has 0 spiro atoms. The van der Waals surface area contributed by atoms with Crippen LogP contribution in [0.4, 0.5) is 0 Å². The Morgan fingerprint density at radius 1 is 1.32 bits per heavy atom. The quantitative estimate of drug-likeness (QED) is 0.810. The number of benzene rings is 1.